The molecule has 0 amide bonds. The summed E-state index contributed by atoms with van der Waals surface area (Å²) >= 11 is 2.23. The first kappa shape index (κ1) is 20.6. The Morgan fingerprint density at radius 2 is 1.57 bits per heavy atom. The van der Waals surface area contributed by atoms with Crippen LogP contribution in [0.2, 0.25) is 0 Å². The fourth-order valence-corrected chi connectivity index (χ4v) is 4.98. The average Bonchev–Trinajstić information content (AvgIpc) is 2.76. The Morgan fingerprint density at radius 3 is 2.20 bits per heavy atom. The minimum absolute atomic E-state index is 0.638. The molecular weight excluding hydrogens is 497 g/mol. The van der Waals surface area contributed by atoms with Crippen molar-refractivity contribution in [2.24, 2.45) is 0 Å². The molecule has 2 aromatic carbocycles. The van der Waals surface area contributed by atoms with E-state index in [1.165, 1.54) is 11.1 Å². The molecule has 4 rings (SSSR count). The van der Waals surface area contributed by atoms with Gasteiger partial charge in [0.1, 0.15) is 5.82 Å². The largest absolute Gasteiger partial charge is 0.493 e. The van der Waals surface area contributed by atoms with Gasteiger partial charge in [0, 0.05) is 36.3 Å². The van der Waals surface area contributed by atoms with Crippen molar-refractivity contribution >= 4 is 45.0 Å². The van der Waals surface area contributed by atoms with Gasteiger partial charge in [-0.25, -0.2) is 4.98 Å². The summed E-state index contributed by atoms with van der Waals surface area (Å²) in [4.78, 5) is 7.13. The Bertz CT molecular complexity index is 1120. The maximum Gasteiger partial charge on any atom is 0.174 e. The van der Waals surface area contributed by atoms with Crippen molar-refractivity contribution in [3.63, 3.8) is 0 Å². The zero-order chi connectivity index (χ0) is 21.4. The number of rotatable bonds is 5. The Balaban J connectivity index is 1.76. The highest BCUT2D eigenvalue weighted by Crippen LogP contribution is 2.41. The molecule has 8 heteroatoms. The molecule has 0 fully saturated rings. The van der Waals surface area contributed by atoms with Crippen molar-refractivity contribution in [2.45, 2.75) is 13.0 Å². The lowest BCUT2D eigenvalue weighted by molar-refractivity contribution is 0.353. The van der Waals surface area contributed by atoms with Crippen LogP contribution in [-0.4, -0.2) is 40.0 Å². The molecule has 0 saturated heterocycles. The third-order valence-corrected chi connectivity index (χ3v) is 6.47. The summed E-state index contributed by atoms with van der Waals surface area (Å²) in [7, 11) is 6.56. The highest BCUT2D eigenvalue weighted by Gasteiger charge is 2.23. The van der Waals surface area contributed by atoms with Gasteiger partial charge in [-0.05, 0) is 52.3 Å². The quantitative estimate of drug-likeness (QED) is 0.509. The second-order valence-corrected chi connectivity index (χ2v) is 8.12. The smallest absolute Gasteiger partial charge is 0.174 e. The van der Waals surface area contributed by atoms with Gasteiger partial charge < -0.3 is 29.6 Å². The number of methoxy groups -OCH3 is 4. The number of aromatic nitrogens is 1. The zero-order valence-electron chi connectivity index (χ0n) is 17.4. The molecule has 3 aromatic rings. The second kappa shape index (κ2) is 8.25. The molecule has 0 unspecified atom stereocenters. The maximum atomic E-state index is 6.45. The predicted octanol–water partition coefficient (Wildman–Crippen LogP) is 4.02. The van der Waals surface area contributed by atoms with Gasteiger partial charge >= 0.3 is 0 Å². The summed E-state index contributed by atoms with van der Waals surface area (Å²) in [6.45, 7) is 1.56. The number of nitrogens with zero attached hydrogens (tertiary/aromatic N) is 2. The maximum absolute atomic E-state index is 6.45. The number of hydrogen-bond acceptors (Lipinski definition) is 7. The number of benzene rings is 2. The van der Waals surface area contributed by atoms with Gasteiger partial charge in [-0.2, -0.15) is 0 Å². The van der Waals surface area contributed by atoms with Gasteiger partial charge in [0.2, 0.25) is 0 Å². The predicted molar refractivity (Wildman–Crippen MR) is 126 cm³/mol. The van der Waals surface area contributed by atoms with Gasteiger partial charge in [0.05, 0.1) is 37.5 Å². The lowest BCUT2D eigenvalue weighted by Gasteiger charge is -2.31. The van der Waals surface area contributed by atoms with E-state index in [9.17, 15) is 0 Å². The fourth-order valence-electron chi connectivity index (χ4n) is 3.91. The number of fused-ring (bicyclic) bond motifs is 2. The van der Waals surface area contributed by atoms with Crippen LogP contribution in [0.3, 0.4) is 0 Å². The highest BCUT2D eigenvalue weighted by molar-refractivity contribution is 14.1. The zero-order valence-corrected chi connectivity index (χ0v) is 19.6. The van der Waals surface area contributed by atoms with Gasteiger partial charge in [-0.15, -0.1) is 0 Å². The minimum Gasteiger partial charge on any atom is -0.493 e. The summed E-state index contributed by atoms with van der Waals surface area (Å²) in [6.07, 6.45) is 0.888. The van der Waals surface area contributed by atoms with Crippen LogP contribution in [0.25, 0.3) is 10.9 Å². The van der Waals surface area contributed by atoms with E-state index < -0.39 is 0 Å². The molecule has 0 saturated carbocycles. The van der Waals surface area contributed by atoms with E-state index in [2.05, 4.69) is 33.6 Å². The fraction of sp³-hybridized carbons (Fsp3) is 0.318. The Hall–Kier alpha value is -2.62. The SMILES string of the molecule is COc1cc2c(cc1OC)CN(c1cc(N)c3c(I)c(OC)c(OC)cc3n1)CC2. The third kappa shape index (κ3) is 3.42. The number of ether oxygens (including phenoxy) is 4. The minimum atomic E-state index is 0.638. The number of hydrogen-bond donors (Lipinski definition) is 1. The molecule has 0 radical (unpaired) electrons. The number of pyridine rings is 1. The monoisotopic (exact) mass is 521 g/mol. The Kier molecular flexibility index (Phi) is 5.68. The summed E-state index contributed by atoms with van der Waals surface area (Å²) < 4.78 is 22.8. The average molecular weight is 521 g/mol. The molecule has 2 N–H and O–H groups in total. The number of nitrogen functional groups attached to an aromatic ring is 1. The Labute approximate surface area is 189 Å². The number of nitrogens with two attached hydrogens (primary N) is 1. The molecule has 0 spiro atoms. The topological polar surface area (TPSA) is 79.1 Å². The van der Waals surface area contributed by atoms with E-state index in [1.807, 2.05) is 18.2 Å². The van der Waals surface area contributed by atoms with Gasteiger partial charge in [0.15, 0.2) is 23.0 Å². The first-order chi connectivity index (χ1) is 14.5. The molecule has 0 bridgehead atoms. The van der Waals surface area contributed by atoms with E-state index in [1.54, 1.807) is 28.4 Å². The first-order valence-corrected chi connectivity index (χ1v) is 10.6. The van der Waals surface area contributed by atoms with Crippen LogP contribution in [0.5, 0.6) is 23.0 Å². The molecule has 30 heavy (non-hydrogen) atoms. The second-order valence-electron chi connectivity index (χ2n) is 7.04. The van der Waals surface area contributed by atoms with Crippen molar-refractivity contribution in [3.05, 3.63) is 39.0 Å². The first-order valence-electron chi connectivity index (χ1n) is 9.50. The molecule has 0 aliphatic carbocycles. The molecule has 158 valence electrons. The molecule has 1 aliphatic heterocycles. The van der Waals surface area contributed by atoms with Crippen molar-refractivity contribution in [3.8, 4) is 23.0 Å². The van der Waals surface area contributed by atoms with E-state index in [4.69, 9.17) is 29.7 Å². The number of anilines is 2. The van der Waals surface area contributed by atoms with Crippen molar-refractivity contribution in [1.82, 2.24) is 4.98 Å². The van der Waals surface area contributed by atoms with E-state index >= 15 is 0 Å². The standard InChI is InChI=1S/C22H24IN3O4/c1-27-16-7-12-5-6-26(11-13(12)8-17(16)28-2)19-9-14(24)20-15(25-19)10-18(29-3)22(30-4)21(20)23/h7-10H,5-6,11H2,1-4H3,(H2,24,25). The van der Waals surface area contributed by atoms with E-state index in [-0.39, 0.29) is 0 Å². The molecule has 2 heterocycles. The van der Waals surface area contributed by atoms with Crippen LogP contribution in [0, 0.1) is 3.57 Å². The van der Waals surface area contributed by atoms with Crippen LogP contribution in [-0.2, 0) is 13.0 Å². The summed E-state index contributed by atoms with van der Waals surface area (Å²) in [5, 5.41) is 0.876. The summed E-state index contributed by atoms with van der Waals surface area (Å²) in [5.74, 6) is 3.63. The molecule has 1 aromatic heterocycles. The molecule has 1 aliphatic rings. The third-order valence-electron chi connectivity index (χ3n) is 5.44. The summed E-state index contributed by atoms with van der Waals surface area (Å²) in [6, 6.07) is 7.92. The van der Waals surface area contributed by atoms with Crippen LogP contribution in [0.1, 0.15) is 11.1 Å². The van der Waals surface area contributed by atoms with Crippen LogP contribution in [0.4, 0.5) is 11.5 Å². The lowest BCUT2D eigenvalue weighted by atomic mass is 9.98. The van der Waals surface area contributed by atoms with Gasteiger partial charge in [0.25, 0.3) is 0 Å². The number of halogens is 1. The van der Waals surface area contributed by atoms with E-state index in [0.717, 1.165) is 51.3 Å². The van der Waals surface area contributed by atoms with Crippen LogP contribution >= 0.6 is 22.6 Å². The molecule has 7 nitrogen and oxygen atoms in total. The molecular formula is C22H24IN3O4. The van der Waals surface area contributed by atoms with Crippen LogP contribution < -0.4 is 29.6 Å². The van der Waals surface area contributed by atoms with Gasteiger partial charge in [-0.1, -0.05) is 0 Å². The highest BCUT2D eigenvalue weighted by atomic mass is 127. The van der Waals surface area contributed by atoms with Gasteiger partial charge in [-0.3, -0.25) is 0 Å². The lowest BCUT2D eigenvalue weighted by Crippen LogP contribution is -2.31. The van der Waals surface area contributed by atoms with Crippen molar-refractivity contribution in [2.75, 3.05) is 45.6 Å². The Morgan fingerprint density at radius 1 is 0.900 bits per heavy atom. The van der Waals surface area contributed by atoms with Crippen molar-refractivity contribution in [1.29, 1.82) is 0 Å². The van der Waals surface area contributed by atoms with Crippen LogP contribution in [0.15, 0.2) is 24.3 Å². The van der Waals surface area contributed by atoms with E-state index in [0.29, 0.717) is 17.2 Å². The van der Waals surface area contributed by atoms with Crippen molar-refractivity contribution < 1.29 is 18.9 Å². The normalized spacial score (nSPS) is 13.2. The summed E-state index contributed by atoms with van der Waals surface area (Å²) in [5.41, 5.74) is 10.4. The molecule has 0 atom stereocenters.